The molecule has 0 radical (unpaired) electrons. The monoisotopic (exact) mass is 206 g/mol. The molecule has 0 aromatic rings. The van der Waals surface area contributed by atoms with Crippen molar-refractivity contribution in [2.24, 2.45) is 0 Å². The summed E-state index contributed by atoms with van der Waals surface area (Å²) in [4.78, 5) is 9.67. The molecule has 0 unspecified atom stereocenters. The average molecular weight is 206 g/mol. The van der Waals surface area contributed by atoms with Gasteiger partial charge in [-0.1, -0.05) is 20.8 Å². The fourth-order valence-corrected chi connectivity index (χ4v) is 7.00. The predicted octanol–water partition coefficient (Wildman–Crippen LogP) is 2.70. The highest BCUT2D eigenvalue weighted by atomic mass is 28.4. The molecule has 0 atom stereocenters. The van der Waals surface area contributed by atoms with Gasteiger partial charge < -0.3 is 8.91 Å². The van der Waals surface area contributed by atoms with Gasteiger partial charge in [-0.25, -0.2) is 0 Å². The van der Waals surface area contributed by atoms with E-state index in [0.717, 1.165) is 0 Å². The topological polar surface area (TPSA) is 29.5 Å². The van der Waals surface area contributed by atoms with Crippen molar-refractivity contribution in [3.63, 3.8) is 0 Å². The summed E-state index contributed by atoms with van der Waals surface area (Å²) in [5, 5.41) is 0.194. The van der Waals surface area contributed by atoms with E-state index in [1.807, 2.05) is 13.1 Å². The normalized spacial score (nSPS) is 15.0. The van der Waals surface area contributed by atoms with Gasteiger partial charge in [0.25, 0.3) is 0 Å². The second-order valence-corrected chi connectivity index (χ2v) is 13.5. The van der Waals surface area contributed by atoms with E-state index in [1.165, 1.54) is 0 Å². The maximum absolute atomic E-state index is 9.67. The molecule has 0 aliphatic heterocycles. The van der Waals surface area contributed by atoms with Gasteiger partial charge in [-0.15, -0.1) is 0 Å². The van der Waals surface area contributed by atoms with Gasteiger partial charge in [-0.3, -0.25) is 0 Å². The molecule has 0 saturated heterocycles. The molecule has 2 nitrogen and oxygen atoms in total. The van der Waals surface area contributed by atoms with E-state index < -0.39 is 16.9 Å². The van der Waals surface area contributed by atoms with E-state index in [9.17, 15) is 4.80 Å². The number of rotatable bonds is 2. The molecule has 0 aliphatic carbocycles. The minimum absolute atomic E-state index is 0.194. The summed E-state index contributed by atoms with van der Waals surface area (Å²) >= 11 is 0. The lowest BCUT2D eigenvalue weighted by atomic mass is 10.2. The van der Waals surface area contributed by atoms with Crippen molar-refractivity contribution < 1.29 is 8.91 Å². The van der Waals surface area contributed by atoms with Crippen LogP contribution in [-0.4, -0.2) is 21.7 Å². The zero-order valence-corrected chi connectivity index (χ0v) is 11.4. The molecular weight excluding hydrogens is 184 g/mol. The first-order valence-electron chi connectivity index (χ1n) is 4.38. The van der Waals surface area contributed by atoms with Crippen LogP contribution in [0.25, 0.3) is 0 Å². The highest BCUT2D eigenvalue weighted by Gasteiger charge is 2.41. The van der Waals surface area contributed by atoms with Crippen LogP contribution in [0.5, 0.6) is 0 Å². The first-order valence-corrected chi connectivity index (χ1v) is 10.1. The molecule has 0 aromatic carbocycles. The molecular formula is C8H22O2Si2. The van der Waals surface area contributed by atoms with Crippen molar-refractivity contribution in [1.29, 1.82) is 0 Å². The van der Waals surface area contributed by atoms with Crippen LogP contribution >= 0.6 is 0 Å². The third-order valence-corrected chi connectivity index (χ3v) is 9.96. The molecule has 0 fully saturated rings. The summed E-state index contributed by atoms with van der Waals surface area (Å²) in [7, 11) is -4.07. The van der Waals surface area contributed by atoms with Gasteiger partial charge in [0, 0.05) is 0 Å². The van der Waals surface area contributed by atoms with Crippen LogP contribution in [0.4, 0.5) is 0 Å². The highest BCUT2D eigenvalue weighted by molar-refractivity contribution is 6.83. The van der Waals surface area contributed by atoms with E-state index in [4.69, 9.17) is 4.12 Å². The molecule has 0 saturated carbocycles. The Kier molecular flexibility index (Phi) is 3.35. The Balaban J connectivity index is 4.44. The van der Waals surface area contributed by atoms with Crippen LogP contribution in [0.3, 0.4) is 0 Å². The lowest BCUT2D eigenvalue weighted by Crippen LogP contribution is -2.49. The Morgan fingerprint density at radius 1 is 1.00 bits per heavy atom. The first-order chi connectivity index (χ1) is 4.96. The quantitative estimate of drug-likeness (QED) is 0.704. The Morgan fingerprint density at radius 2 is 1.33 bits per heavy atom. The molecule has 0 bridgehead atoms. The van der Waals surface area contributed by atoms with Crippen LogP contribution in [0.2, 0.25) is 31.2 Å². The van der Waals surface area contributed by atoms with Crippen LogP contribution in [-0.2, 0) is 4.12 Å². The fourth-order valence-electron chi connectivity index (χ4n) is 0.778. The van der Waals surface area contributed by atoms with Gasteiger partial charge >= 0.3 is 8.56 Å². The van der Waals surface area contributed by atoms with Crippen molar-refractivity contribution in [3.05, 3.63) is 0 Å². The summed E-state index contributed by atoms with van der Waals surface area (Å²) in [5.74, 6) is 0. The Labute approximate surface area is 78.3 Å². The number of hydrogen-bond acceptors (Lipinski definition) is 2. The third-order valence-electron chi connectivity index (χ3n) is 2.31. The van der Waals surface area contributed by atoms with Gasteiger partial charge in [-0.2, -0.15) is 0 Å². The van der Waals surface area contributed by atoms with Crippen molar-refractivity contribution >= 4 is 16.9 Å². The molecule has 0 rings (SSSR count). The van der Waals surface area contributed by atoms with Gasteiger partial charge in [0.05, 0.1) is 0 Å². The fraction of sp³-hybridized carbons (Fsp3) is 1.00. The second kappa shape index (κ2) is 3.25. The maximum Gasteiger partial charge on any atom is 0.318 e. The molecule has 1 N–H and O–H groups in total. The third kappa shape index (κ3) is 3.84. The van der Waals surface area contributed by atoms with Gasteiger partial charge in [-0.05, 0) is 31.2 Å². The van der Waals surface area contributed by atoms with Gasteiger partial charge in [0.2, 0.25) is 0 Å². The zero-order valence-electron chi connectivity index (χ0n) is 9.36. The standard InChI is InChI=1S/C8H22O2Si2/c1-8(2,3)11(4,5)10-12(6,7)9/h9H,1-7H3. The van der Waals surface area contributed by atoms with Crippen molar-refractivity contribution in [2.75, 3.05) is 0 Å². The molecule has 12 heavy (non-hydrogen) atoms. The summed E-state index contributed by atoms with van der Waals surface area (Å²) in [6, 6.07) is 0. The van der Waals surface area contributed by atoms with E-state index in [-0.39, 0.29) is 5.04 Å². The Morgan fingerprint density at radius 3 is 1.42 bits per heavy atom. The molecule has 74 valence electrons. The van der Waals surface area contributed by atoms with E-state index >= 15 is 0 Å². The highest BCUT2D eigenvalue weighted by Crippen LogP contribution is 2.37. The zero-order chi connectivity index (χ0) is 10.2. The van der Waals surface area contributed by atoms with Crippen LogP contribution in [0, 0.1) is 0 Å². The van der Waals surface area contributed by atoms with Crippen molar-refractivity contribution in [2.45, 2.75) is 52.0 Å². The molecule has 0 aromatic heterocycles. The summed E-state index contributed by atoms with van der Waals surface area (Å²) < 4.78 is 5.82. The van der Waals surface area contributed by atoms with Crippen molar-refractivity contribution in [1.82, 2.24) is 0 Å². The summed E-state index contributed by atoms with van der Waals surface area (Å²) in [6.07, 6.45) is 0. The lowest BCUT2D eigenvalue weighted by Gasteiger charge is -2.40. The second-order valence-electron chi connectivity index (χ2n) is 5.31. The number of hydrogen-bond donors (Lipinski definition) is 1. The molecule has 0 aliphatic rings. The Hall–Kier alpha value is 0.354. The molecule has 0 heterocycles. The molecule has 0 amide bonds. The summed E-state index contributed by atoms with van der Waals surface area (Å²) in [6.45, 7) is 14.5. The first kappa shape index (κ1) is 12.4. The van der Waals surface area contributed by atoms with Crippen LogP contribution < -0.4 is 0 Å². The van der Waals surface area contributed by atoms with Crippen molar-refractivity contribution in [3.8, 4) is 0 Å². The Bertz CT molecular complexity index is 153. The van der Waals surface area contributed by atoms with Crippen LogP contribution in [0.15, 0.2) is 0 Å². The van der Waals surface area contributed by atoms with Gasteiger partial charge in [0.15, 0.2) is 8.32 Å². The van der Waals surface area contributed by atoms with Gasteiger partial charge in [0.1, 0.15) is 0 Å². The maximum atomic E-state index is 9.67. The minimum Gasteiger partial charge on any atom is -0.436 e. The molecule has 4 heteroatoms. The minimum atomic E-state index is -2.34. The van der Waals surface area contributed by atoms with Crippen LogP contribution in [0.1, 0.15) is 20.8 Å². The lowest BCUT2D eigenvalue weighted by molar-refractivity contribution is 0.368. The molecule has 0 spiro atoms. The predicted molar refractivity (Wildman–Crippen MR) is 58.0 cm³/mol. The van der Waals surface area contributed by atoms with E-state index in [2.05, 4.69) is 33.9 Å². The summed E-state index contributed by atoms with van der Waals surface area (Å²) in [5.41, 5.74) is 0. The SMILES string of the molecule is CC(C)(C)[Si](C)(C)O[Si](C)(C)O. The largest absolute Gasteiger partial charge is 0.436 e. The average Bonchev–Trinajstić information content (AvgIpc) is 1.52. The van der Waals surface area contributed by atoms with E-state index in [0.29, 0.717) is 0 Å². The smallest absolute Gasteiger partial charge is 0.318 e. The van der Waals surface area contributed by atoms with E-state index in [1.54, 1.807) is 0 Å².